The molecule has 208 valence electrons. The smallest absolute Gasteiger partial charge is 0.311 e. The van der Waals surface area contributed by atoms with Crippen molar-refractivity contribution in [2.75, 3.05) is 13.2 Å². The highest BCUT2D eigenvalue weighted by Crippen LogP contribution is 2.48. The summed E-state index contributed by atoms with van der Waals surface area (Å²) in [6.45, 7) is 18.2. The van der Waals surface area contributed by atoms with Gasteiger partial charge in [-0.1, -0.05) is 46.8 Å². The number of rotatable bonds is 8. The Morgan fingerprint density at radius 3 is 2.35 bits per heavy atom. The molecule has 0 saturated heterocycles. The van der Waals surface area contributed by atoms with Crippen molar-refractivity contribution in [2.45, 2.75) is 83.9 Å². The molecule has 0 bridgehead atoms. The summed E-state index contributed by atoms with van der Waals surface area (Å²) in [6.07, 6.45) is 3.82. The van der Waals surface area contributed by atoms with E-state index in [1.165, 1.54) is 6.92 Å². The molecule has 2 aromatic heterocycles. The topological polar surface area (TPSA) is 68.3 Å². The number of hydrogen-bond acceptors (Lipinski definition) is 6. The minimum atomic E-state index is -0.275. The third kappa shape index (κ3) is 10.0. The second-order valence-electron chi connectivity index (χ2n) is 9.33. The van der Waals surface area contributed by atoms with Crippen molar-refractivity contribution in [1.29, 1.82) is 0 Å². The van der Waals surface area contributed by atoms with Gasteiger partial charge >= 0.3 is 5.97 Å². The van der Waals surface area contributed by atoms with Gasteiger partial charge in [0.1, 0.15) is 0 Å². The largest absolute Gasteiger partial charge is 0.466 e. The Morgan fingerprint density at radius 2 is 1.89 bits per heavy atom. The number of amides is 1. The van der Waals surface area contributed by atoms with E-state index in [1.807, 2.05) is 38.3 Å². The van der Waals surface area contributed by atoms with Crippen LogP contribution in [0.2, 0.25) is 0 Å². The molecule has 1 aliphatic carbocycles. The van der Waals surface area contributed by atoms with Gasteiger partial charge in [-0.15, -0.1) is 52.5 Å². The van der Waals surface area contributed by atoms with Crippen molar-refractivity contribution in [2.24, 2.45) is 11.8 Å². The van der Waals surface area contributed by atoms with E-state index in [-0.39, 0.29) is 40.4 Å². The van der Waals surface area contributed by atoms with E-state index < -0.39 is 0 Å². The van der Waals surface area contributed by atoms with Crippen LogP contribution >= 0.6 is 45.9 Å². The molecule has 5 nitrogen and oxygen atoms in total. The highest BCUT2D eigenvalue weighted by atomic mass is 35.5. The summed E-state index contributed by atoms with van der Waals surface area (Å²) >= 11 is 16.8. The van der Waals surface area contributed by atoms with Gasteiger partial charge < -0.3 is 10.1 Å². The molecule has 0 aliphatic heterocycles. The first-order chi connectivity index (χ1) is 17.5. The predicted octanol–water partition coefficient (Wildman–Crippen LogP) is 7.85. The zero-order chi connectivity index (χ0) is 28.2. The molecular formula is C28H42Cl2N2O3S2. The lowest BCUT2D eigenvalue weighted by molar-refractivity contribution is -0.142. The maximum atomic E-state index is 12.2. The third-order valence-corrected chi connectivity index (χ3v) is 9.15. The molecule has 9 heteroatoms. The van der Waals surface area contributed by atoms with E-state index >= 15 is 0 Å². The van der Waals surface area contributed by atoms with Gasteiger partial charge in [-0.05, 0) is 37.1 Å². The summed E-state index contributed by atoms with van der Waals surface area (Å²) in [5.41, 5.74) is 0.611. The Labute approximate surface area is 241 Å². The van der Waals surface area contributed by atoms with Gasteiger partial charge in [-0.2, -0.15) is 0 Å². The highest BCUT2D eigenvalue weighted by Gasteiger charge is 2.46. The number of carbonyl (C=O) groups is 2. The van der Waals surface area contributed by atoms with Crippen molar-refractivity contribution < 1.29 is 14.3 Å². The number of aromatic nitrogens is 1. The second-order valence-corrected chi connectivity index (χ2v) is 12.5. The van der Waals surface area contributed by atoms with Crippen molar-refractivity contribution in [3.05, 3.63) is 40.1 Å². The Morgan fingerprint density at radius 1 is 1.27 bits per heavy atom. The van der Waals surface area contributed by atoms with Crippen molar-refractivity contribution in [3.8, 4) is 10.6 Å². The summed E-state index contributed by atoms with van der Waals surface area (Å²) < 4.78 is 5.18. The number of ether oxygens (including phenoxy) is 1. The lowest BCUT2D eigenvalue weighted by Crippen LogP contribution is -2.45. The van der Waals surface area contributed by atoms with Crippen LogP contribution < -0.4 is 5.32 Å². The SMILES string of the molecule is C=CCNC(C)=O.CC.CCOC(=O)Cc1sc(C(C)(C)C2C(Cl)CC(C)CC2Cl)nc1-c1cccs1. The Bertz CT molecular complexity index is 964. The normalized spacial score (nSPS) is 21.0. The van der Waals surface area contributed by atoms with Gasteiger partial charge in [-0.25, -0.2) is 4.98 Å². The molecule has 2 atom stereocenters. The fraction of sp³-hybridized carbons (Fsp3) is 0.607. The lowest BCUT2D eigenvalue weighted by atomic mass is 9.68. The molecule has 1 saturated carbocycles. The standard InChI is InChI=1S/C21H27Cl2NO2S2.C5H9NO.C2H6/c1-5-26-17(25)11-16-19(15-7-6-8-27-15)24-20(28-16)21(3,4)18-13(22)9-12(2)10-14(18)23;1-3-4-6-5(2)7;1-2/h6-8,12-14,18H,5,9-11H2,1-4H3;3H,1,4H2,2H3,(H,6,7);1-2H3. The molecule has 1 amide bonds. The van der Waals surface area contributed by atoms with Crippen LogP contribution in [0.3, 0.4) is 0 Å². The summed E-state index contributed by atoms with van der Waals surface area (Å²) in [7, 11) is 0. The van der Waals surface area contributed by atoms with Crippen LogP contribution in [-0.2, 0) is 26.2 Å². The molecular weight excluding hydrogens is 547 g/mol. The minimum Gasteiger partial charge on any atom is -0.466 e. The van der Waals surface area contributed by atoms with Crippen LogP contribution in [-0.4, -0.2) is 40.8 Å². The van der Waals surface area contributed by atoms with Gasteiger partial charge in [0.2, 0.25) is 5.91 Å². The number of thiophene rings is 1. The monoisotopic (exact) mass is 588 g/mol. The average Bonchev–Trinajstić information content (AvgIpc) is 3.49. The molecule has 0 radical (unpaired) electrons. The maximum absolute atomic E-state index is 12.2. The molecule has 2 unspecified atom stereocenters. The molecule has 37 heavy (non-hydrogen) atoms. The van der Waals surface area contributed by atoms with Gasteiger partial charge in [-0.3, -0.25) is 9.59 Å². The minimum absolute atomic E-state index is 0.0140. The van der Waals surface area contributed by atoms with E-state index in [9.17, 15) is 9.59 Å². The molecule has 0 spiro atoms. The quantitative estimate of drug-likeness (QED) is 0.193. The summed E-state index contributed by atoms with van der Waals surface area (Å²) in [6, 6.07) is 4.05. The first-order valence-corrected chi connectivity index (χ1v) is 15.4. The number of halogens is 2. The third-order valence-electron chi connectivity index (χ3n) is 5.98. The van der Waals surface area contributed by atoms with Crippen molar-refractivity contribution in [3.63, 3.8) is 0 Å². The molecule has 1 fully saturated rings. The fourth-order valence-electron chi connectivity index (χ4n) is 4.34. The number of nitrogens with zero attached hydrogens (tertiary/aromatic N) is 1. The average molecular weight is 590 g/mol. The van der Waals surface area contributed by atoms with Crippen LogP contribution in [0.25, 0.3) is 10.6 Å². The zero-order valence-corrected chi connectivity index (χ0v) is 26.3. The molecule has 3 rings (SSSR count). The Kier molecular flexibility index (Phi) is 15.0. The van der Waals surface area contributed by atoms with Gasteiger partial charge in [0.25, 0.3) is 0 Å². The lowest BCUT2D eigenvalue weighted by Gasteiger charge is -2.43. The summed E-state index contributed by atoms with van der Waals surface area (Å²) in [4.78, 5) is 29.2. The number of alkyl halides is 2. The van der Waals surface area contributed by atoms with Gasteiger partial charge in [0.05, 0.1) is 28.6 Å². The Hall–Kier alpha value is -1.41. The van der Waals surface area contributed by atoms with Gasteiger partial charge in [0, 0.05) is 40.4 Å². The molecule has 1 aliphatic rings. The summed E-state index contributed by atoms with van der Waals surface area (Å²) in [5.74, 6) is 0.435. The van der Waals surface area contributed by atoms with E-state index in [4.69, 9.17) is 32.9 Å². The molecule has 1 N–H and O–H groups in total. The number of thiazole rings is 1. The van der Waals surface area contributed by atoms with E-state index in [1.54, 1.807) is 28.7 Å². The van der Waals surface area contributed by atoms with E-state index in [2.05, 4.69) is 32.7 Å². The van der Waals surface area contributed by atoms with Crippen LogP contribution in [0.1, 0.15) is 71.2 Å². The first-order valence-electron chi connectivity index (χ1n) is 12.8. The Balaban J connectivity index is 0.000000659. The molecule has 2 heterocycles. The maximum Gasteiger partial charge on any atom is 0.311 e. The fourth-order valence-corrected chi connectivity index (χ4v) is 8.03. The van der Waals surface area contributed by atoms with Gasteiger partial charge in [0.15, 0.2) is 0 Å². The molecule has 0 aromatic carbocycles. The van der Waals surface area contributed by atoms with E-state index in [0.29, 0.717) is 19.1 Å². The van der Waals surface area contributed by atoms with Crippen LogP contribution in [0.15, 0.2) is 30.2 Å². The number of carbonyl (C=O) groups excluding carboxylic acids is 2. The number of esters is 1. The van der Waals surface area contributed by atoms with Crippen molar-refractivity contribution >= 4 is 57.8 Å². The zero-order valence-electron chi connectivity index (χ0n) is 23.1. The van der Waals surface area contributed by atoms with Crippen LogP contribution in [0.5, 0.6) is 0 Å². The number of hydrogen-bond donors (Lipinski definition) is 1. The second kappa shape index (κ2) is 16.5. The molecule has 2 aromatic rings. The van der Waals surface area contributed by atoms with Crippen LogP contribution in [0, 0.1) is 11.8 Å². The number of nitrogens with one attached hydrogen (secondary N) is 1. The van der Waals surface area contributed by atoms with Crippen LogP contribution in [0.4, 0.5) is 0 Å². The van der Waals surface area contributed by atoms with E-state index in [0.717, 1.165) is 33.3 Å². The predicted molar refractivity (Wildman–Crippen MR) is 160 cm³/mol. The summed E-state index contributed by atoms with van der Waals surface area (Å²) in [5, 5.41) is 5.59. The first kappa shape index (κ1) is 33.6. The highest BCUT2D eigenvalue weighted by molar-refractivity contribution is 7.15. The van der Waals surface area contributed by atoms with Crippen molar-refractivity contribution in [1.82, 2.24) is 10.3 Å².